The first-order valence-corrected chi connectivity index (χ1v) is 9.22. The number of nitrogens with two attached hydrogens (primary N) is 1. The van der Waals surface area contributed by atoms with Crippen LogP contribution in [0.3, 0.4) is 0 Å². The number of nitrogens with zero attached hydrogens (tertiary/aromatic N) is 2. The molecule has 0 unspecified atom stereocenters. The fraction of sp³-hybridized carbons (Fsp3) is 0.143. The lowest BCUT2D eigenvalue weighted by Crippen LogP contribution is -2.14. The molecule has 0 fully saturated rings. The van der Waals surface area contributed by atoms with Gasteiger partial charge in [-0.1, -0.05) is 35.0 Å². The van der Waals surface area contributed by atoms with Crippen molar-refractivity contribution < 1.29 is 19.0 Å². The van der Waals surface area contributed by atoms with Gasteiger partial charge in [-0.2, -0.15) is 0 Å². The molecule has 8 heteroatoms. The van der Waals surface area contributed by atoms with E-state index in [0.29, 0.717) is 34.4 Å². The van der Waals surface area contributed by atoms with Crippen molar-refractivity contribution in [1.29, 1.82) is 0 Å². The van der Waals surface area contributed by atoms with E-state index in [1.807, 2.05) is 30.3 Å². The van der Waals surface area contributed by atoms with Gasteiger partial charge in [-0.25, -0.2) is 0 Å². The number of rotatable bonds is 7. The maximum atomic E-state index is 6.16. The van der Waals surface area contributed by atoms with Crippen LogP contribution < -0.4 is 19.9 Å². The Hall–Kier alpha value is -3.45. The summed E-state index contributed by atoms with van der Waals surface area (Å²) in [6.45, 7) is 0.758. The first kappa shape index (κ1) is 18.9. The van der Waals surface area contributed by atoms with Gasteiger partial charge in [0.15, 0.2) is 17.3 Å². The summed E-state index contributed by atoms with van der Waals surface area (Å²) in [5.41, 5.74) is 8.51. The summed E-state index contributed by atoms with van der Waals surface area (Å²) in [6, 6.07) is 14.7. The zero-order valence-electron chi connectivity index (χ0n) is 15.4. The number of aromatic nitrogens is 1. The summed E-state index contributed by atoms with van der Waals surface area (Å²) >= 11 is 6.16. The van der Waals surface area contributed by atoms with Crippen LogP contribution in [0.1, 0.15) is 16.7 Å². The highest BCUT2D eigenvalue weighted by Crippen LogP contribution is 2.39. The molecule has 0 saturated carbocycles. The summed E-state index contributed by atoms with van der Waals surface area (Å²) in [6.07, 6.45) is 3.48. The number of oxime groups is 1. The first-order chi connectivity index (χ1) is 14.2. The van der Waals surface area contributed by atoms with Crippen LogP contribution in [0.15, 0.2) is 66.1 Å². The van der Waals surface area contributed by atoms with Crippen molar-refractivity contribution in [1.82, 2.24) is 4.98 Å². The molecule has 148 valence electrons. The van der Waals surface area contributed by atoms with Gasteiger partial charge in [0.2, 0.25) is 6.79 Å². The Morgan fingerprint density at radius 1 is 1.10 bits per heavy atom. The Balaban J connectivity index is 1.37. The summed E-state index contributed by atoms with van der Waals surface area (Å²) in [7, 11) is 0. The zero-order chi connectivity index (χ0) is 20.1. The van der Waals surface area contributed by atoms with Crippen molar-refractivity contribution in [2.24, 2.45) is 10.9 Å². The predicted octanol–water partition coefficient (Wildman–Crippen LogP) is 3.88. The average molecular weight is 412 g/mol. The third kappa shape index (κ3) is 4.70. The normalized spacial score (nSPS) is 12.7. The van der Waals surface area contributed by atoms with Crippen LogP contribution in [0.4, 0.5) is 0 Å². The summed E-state index contributed by atoms with van der Waals surface area (Å²) in [4.78, 5) is 9.45. The third-order valence-corrected chi connectivity index (χ3v) is 4.42. The van der Waals surface area contributed by atoms with Gasteiger partial charge in [-0.15, -0.1) is 0 Å². The van der Waals surface area contributed by atoms with E-state index in [2.05, 4.69) is 10.1 Å². The number of fused-ring (bicyclic) bond motifs is 1. The SMILES string of the molecule is N/C(=N/OCc1cc(Cl)c2c(c1)OCO2)c1cccc(OCc2cccnc2)c1. The number of amidine groups is 1. The largest absolute Gasteiger partial charge is 0.489 e. The molecule has 0 radical (unpaired) electrons. The molecule has 7 nitrogen and oxygen atoms in total. The van der Waals surface area contributed by atoms with Gasteiger partial charge in [0, 0.05) is 23.5 Å². The minimum absolute atomic E-state index is 0.156. The van der Waals surface area contributed by atoms with Gasteiger partial charge < -0.3 is 24.8 Å². The summed E-state index contributed by atoms with van der Waals surface area (Å²) in [5.74, 6) is 2.05. The lowest BCUT2D eigenvalue weighted by molar-refractivity contribution is 0.130. The molecular weight excluding hydrogens is 394 g/mol. The average Bonchev–Trinajstić information content (AvgIpc) is 3.22. The van der Waals surface area contributed by atoms with Gasteiger partial charge in [0.1, 0.15) is 19.0 Å². The number of hydrogen-bond acceptors (Lipinski definition) is 6. The van der Waals surface area contributed by atoms with E-state index in [1.165, 1.54) is 0 Å². The number of ether oxygens (including phenoxy) is 3. The highest BCUT2D eigenvalue weighted by atomic mass is 35.5. The molecule has 2 heterocycles. The lowest BCUT2D eigenvalue weighted by atomic mass is 10.2. The predicted molar refractivity (Wildman–Crippen MR) is 108 cm³/mol. The van der Waals surface area contributed by atoms with Crippen molar-refractivity contribution in [2.75, 3.05) is 6.79 Å². The maximum absolute atomic E-state index is 6.16. The molecule has 1 aliphatic heterocycles. The number of hydrogen-bond donors (Lipinski definition) is 1. The maximum Gasteiger partial charge on any atom is 0.231 e. The van der Waals surface area contributed by atoms with Gasteiger partial charge >= 0.3 is 0 Å². The Morgan fingerprint density at radius 2 is 2.03 bits per heavy atom. The van der Waals surface area contributed by atoms with Crippen LogP contribution in [0.5, 0.6) is 17.2 Å². The highest BCUT2D eigenvalue weighted by molar-refractivity contribution is 6.32. The molecule has 1 aromatic heterocycles. The molecule has 3 aromatic rings. The van der Waals surface area contributed by atoms with Gasteiger partial charge in [-0.05, 0) is 35.9 Å². The van der Waals surface area contributed by atoms with E-state index >= 15 is 0 Å². The second-order valence-corrected chi connectivity index (χ2v) is 6.65. The lowest BCUT2D eigenvalue weighted by Gasteiger charge is -2.08. The smallest absolute Gasteiger partial charge is 0.231 e. The second-order valence-electron chi connectivity index (χ2n) is 6.24. The van der Waals surface area contributed by atoms with E-state index in [0.717, 1.165) is 11.1 Å². The van der Waals surface area contributed by atoms with Crippen LogP contribution in [-0.2, 0) is 18.1 Å². The van der Waals surface area contributed by atoms with Crippen molar-refractivity contribution in [3.05, 3.63) is 82.6 Å². The quantitative estimate of drug-likeness (QED) is 0.360. The van der Waals surface area contributed by atoms with Crippen LogP contribution >= 0.6 is 11.6 Å². The zero-order valence-corrected chi connectivity index (χ0v) is 16.1. The fourth-order valence-corrected chi connectivity index (χ4v) is 3.02. The Bertz CT molecular complexity index is 1030. The molecule has 1 aliphatic rings. The topological polar surface area (TPSA) is 88.2 Å². The molecule has 0 amide bonds. The molecule has 29 heavy (non-hydrogen) atoms. The van der Waals surface area contributed by atoms with E-state index in [4.69, 9.17) is 36.4 Å². The van der Waals surface area contributed by atoms with Crippen LogP contribution in [-0.4, -0.2) is 17.6 Å². The summed E-state index contributed by atoms with van der Waals surface area (Å²) < 4.78 is 16.4. The van der Waals surface area contributed by atoms with E-state index in [9.17, 15) is 0 Å². The van der Waals surface area contributed by atoms with Crippen LogP contribution in [0, 0.1) is 0 Å². The minimum atomic E-state index is 0.156. The van der Waals surface area contributed by atoms with E-state index in [1.54, 1.807) is 30.6 Å². The minimum Gasteiger partial charge on any atom is -0.489 e. The Morgan fingerprint density at radius 3 is 2.90 bits per heavy atom. The van der Waals surface area contributed by atoms with Gasteiger partial charge in [0.05, 0.1) is 5.02 Å². The van der Waals surface area contributed by atoms with E-state index in [-0.39, 0.29) is 19.2 Å². The molecule has 4 rings (SSSR count). The molecule has 2 N–H and O–H groups in total. The Labute approximate surface area is 172 Å². The van der Waals surface area contributed by atoms with Crippen molar-refractivity contribution >= 4 is 17.4 Å². The van der Waals surface area contributed by atoms with Gasteiger partial charge in [0.25, 0.3) is 0 Å². The fourth-order valence-electron chi connectivity index (χ4n) is 2.73. The number of halogens is 1. The third-order valence-electron chi connectivity index (χ3n) is 4.14. The molecule has 0 aliphatic carbocycles. The highest BCUT2D eigenvalue weighted by Gasteiger charge is 2.18. The molecule has 2 aromatic carbocycles. The first-order valence-electron chi connectivity index (χ1n) is 8.84. The van der Waals surface area contributed by atoms with Crippen LogP contribution in [0.2, 0.25) is 5.02 Å². The molecular formula is C21H18ClN3O4. The van der Waals surface area contributed by atoms with Crippen molar-refractivity contribution in [2.45, 2.75) is 13.2 Å². The number of benzene rings is 2. The molecule has 0 bridgehead atoms. The van der Waals surface area contributed by atoms with Crippen molar-refractivity contribution in [3.8, 4) is 17.2 Å². The summed E-state index contributed by atoms with van der Waals surface area (Å²) in [5, 5.41) is 4.45. The van der Waals surface area contributed by atoms with Crippen molar-refractivity contribution in [3.63, 3.8) is 0 Å². The van der Waals surface area contributed by atoms with Crippen LogP contribution in [0.25, 0.3) is 0 Å². The second kappa shape index (κ2) is 8.70. The number of pyridine rings is 1. The van der Waals surface area contributed by atoms with Gasteiger partial charge in [-0.3, -0.25) is 4.98 Å². The monoisotopic (exact) mass is 411 g/mol. The Kier molecular flexibility index (Phi) is 5.67. The molecule has 0 atom stereocenters. The molecule has 0 saturated heterocycles. The van der Waals surface area contributed by atoms with E-state index < -0.39 is 0 Å². The standard InChI is InChI=1S/C21H18ClN3O4/c22-18-7-15(8-19-20(18)28-13-27-19)12-29-25-21(23)16-4-1-5-17(9-16)26-11-14-3-2-6-24-10-14/h1-10H,11-13H2,(H2,23,25). The molecule has 0 spiro atoms.